The molecule has 1 aliphatic carbocycles. The van der Waals surface area contributed by atoms with Crippen molar-refractivity contribution in [3.8, 4) is 5.75 Å². The lowest BCUT2D eigenvalue weighted by molar-refractivity contribution is -0.275. The number of hydrogen-bond acceptors (Lipinski definition) is 8. The molecule has 0 unspecified atom stereocenters. The number of hydrogen-bond donors (Lipinski definition) is 5. The van der Waals surface area contributed by atoms with Crippen LogP contribution in [0.4, 0.5) is 51.3 Å². The normalized spacial score (nSPS) is 16.7. The highest BCUT2D eigenvalue weighted by atomic mass is 79.9. The molecule has 50 heavy (non-hydrogen) atoms. The van der Waals surface area contributed by atoms with Crippen LogP contribution in [0.25, 0.3) is 10.9 Å². The Balaban J connectivity index is 0.000000521. The van der Waals surface area contributed by atoms with Gasteiger partial charge in [0.2, 0.25) is 5.95 Å². The van der Waals surface area contributed by atoms with Crippen molar-refractivity contribution in [1.29, 1.82) is 0 Å². The average Bonchev–Trinajstić information content (AvgIpc) is 2.96. The number of para-hydroxylation sites is 1. The standard InChI is InChI=1S/C26H31BrF3N5O.2C2HF3O2/c1-25(2,3)35-23-20-6-4-5-7-21(20)33-24(34-23)32-19-12-10-18(11-13-19)31-15-16-8-9-17(27)14-22(16)36-26(28,29)30;2*3-2(4,5)1(6)7/h4-9,14,18-19,31H,10-13,15H2,1-3H3,(H2,32,33,34,35);2*(H,6,7). The first-order chi connectivity index (χ1) is 22.8. The van der Waals surface area contributed by atoms with E-state index in [9.17, 15) is 39.5 Å². The summed E-state index contributed by atoms with van der Waals surface area (Å²) >= 11 is 3.21. The maximum absolute atomic E-state index is 12.8. The lowest BCUT2D eigenvalue weighted by Crippen LogP contribution is -2.37. The van der Waals surface area contributed by atoms with Gasteiger partial charge in [-0.2, -0.15) is 31.3 Å². The van der Waals surface area contributed by atoms with Crippen LogP contribution >= 0.6 is 15.9 Å². The molecule has 0 aliphatic heterocycles. The molecule has 10 nitrogen and oxygen atoms in total. The summed E-state index contributed by atoms with van der Waals surface area (Å²) in [6.07, 6.45) is -11.3. The number of rotatable bonds is 7. The molecule has 278 valence electrons. The van der Waals surface area contributed by atoms with Crippen molar-refractivity contribution in [3.05, 3.63) is 52.5 Å². The van der Waals surface area contributed by atoms with E-state index < -0.39 is 30.7 Å². The molecule has 0 saturated heterocycles. The number of ether oxygens (including phenoxy) is 1. The fraction of sp³-hybridized carbons (Fsp3) is 0.467. The van der Waals surface area contributed by atoms with E-state index >= 15 is 0 Å². The van der Waals surface area contributed by atoms with E-state index in [4.69, 9.17) is 29.8 Å². The minimum Gasteiger partial charge on any atom is -0.475 e. The summed E-state index contributed by atoms with van der Waals surface area (Å²) in [7, 11) is 0. The first kappa shape index (κ1) is 42.1. The number of carboxylic acid groups (broad SMARTS) is 2. The van der Waals surface area contributed by atoms with Gasteiger partial charge in [-0.25, -0.2) is 14.6 Å². The van der Waals surface area contributed by atoms with Gasteiger partial charge < -0.3 is 30.9 Å². The molecule has 1 aliphatic rings. The number of benzene rings is 2. The summed E-state index contributed by atoms with van der Waals surface area (Å²) < 4.78 is 107. The van der Waals surface area contributed by atoms with Gasteiger partial charge in [-0.1, -0.05) is 34.1 Å². The molecular formula is C30H33BrF9N5O5. The van der Waals surface area contributed by atoms with E-state index in [1.165, 1.54) is 6.07 Å². The first-order valence-electron chi connectivity index (χ1n) is 14.5. The average molecular weight is 795 g/mol. The van der Waals surface area contributed by atoms with Crippen molar-refractivity contribution in [2.24, 2.45) is 0 Å². The highest BCUT2D eigenvalue weighted by molar-refractivity contribution is 9.10. The molecule has 0 spiro atoms. The molecule has 0 atom stereocenters. The molecular weight excluding hydrogens is 761 g/mol. The van der Waals surface area contributed by atoms with Gasteiger partial charge in [0, 0.05) is 39.6 Å². The second-order valence-corrected chi connectivity index (χ2v) is 12.7. The van der Waals surface area contributed by atoms with E-state index in [0.29, 0.717) is 22.5 Å². The Morgan fingerprint density at radius 1 is 0.840 bits per heavy atom. The highest BCUT2D eigenvalue weighted by Crippen LogP contribution is 2.31. The fourth-order valence-corrected chi connectivity index (χ4v) is 4.70. The van der Waals surface area contributed by atoms with Gasteiger partial charge >= 0.3 is 30.7 Å². The van der Waals surface area contributed by atoms with Crippen molar-refractivity contribution in [1.82, 2.24) is 15.3 Å². The third kappa shape index (κ3) is 15.2. The molecule has 3 aromatic rings. The summed E-state index contributed by atoms with van der Waals surface area (Å²) in [5.41, 5.74) is 1.21. The van der Waals surface area contributed by atoms with E-state index in [1.807, 2.05) is 24.3 Å². The Morgan fingerprint density at radius 3 is 1.86 bits per heavy atom. The van der Waals surface area contributed by atoms with E-state index in [-0.39, 0.29) is 23.4 Å². The molecule has 0 radical (unpaired) electrons. The molecule has 0 amide bonds. The molecule has 1 heterocycles. The minimum absolute atomic E-state index is 0.141. The van der Waals surface area contributed by atoms with Crippen LogP contribution in [0.2, 0.25) is 0 Å². The predicted molar refractivity (Wildman–Crippen MR) is 168 cm³/mol. The highest BCUT2D eigenvalue weighted by Gasteiger charge is 2.39. The van der Waals surface area contributed by atoms with Gasteiger partial charge in [0.25, 0.3) is 0 Å². The Bertz CT molecular complexity index is 1570. The van der Waals surface area contributed by atoms with Crippen LogP contribution < -0.4 is 20.7 Å². The van der Waals surface area contributed by atoms with Crippen molar-refractivity contribution in [2.75, 3.05) is 10.6 Å². The molecule has 2 aromatic carbocycles. The Morgan fingerprint density at radius 2 is 1.36 bits per heavy atom. The predicted octanol–water partition coefficient (Wildman–Crippen LogP) is 8.28. The number of aromatic nitrogens is 2. The van der Waals surface area contributed by atoms with Crippen LogP contribution in [0, 0.1) is 0 Å². The number of nitrogens with one attached hydrogen (secondary N) is 3. The second-order valence-electron chi connectivity index (χ2n) is 11.8. The van der Waals surface area contributed by atoms with Crippen molar-refractivity contribution in [2.45, 2.75) is 89.3 Å². The van der Waals surface area contributed by atoms with Gasteiger partial charge in [-0.15, -0.1) is 13.2 Å². The van der Waals surface area contributed by atoms with Crippen LogP contribution in [0.5, 0.6) is 5.75 Å². The quantitative estimate of drug-likeness (QED) is 0.148. The number of fused-ring (bicyclic) bond motifs is 1. The number of halogens is 10. The molecule has 5 N–H and O–H groups in total. The van der Waals surface area contributed by atoms with Crippen LogP contribution in [-0.4, -0.2) is 68.5 Å². The van der Waals surface area contributed by atoms with E-state index in [0.717, 1.165) is 42.4 Å². The van der Waals surface area contributed by atoms with Gasteiger partial charge in [-0.05, 0) is 70.7 Å². The zero-order valence-corrected chi connectivity index (χ0v) is 28.1. The van der Waals surface area contributed by atoms with Crippen LogP contribution in [0.15, 0.2) is 46.9 Å². The monoisotopic (exact) mass is 793 g/mol. The van der Waals surface area contributed by atoms with Crippen LogP contribution in [0.3, 0.4) is 0 Å². The lowest BCUT2D eigenvalue weighted by Gasteiger charge is -2.30. The minimum atomic E-state index is -5.08. The van der Waals surface area contributed by atoms with Gasteiger partial charge in [0.15, 0.2) is 0 Å². The third-order valence-corrected chi connectivity index (χ3v) is 6.97. The van der Waals surface area contributed by atoms with Crippen LogP contribution in [0.1, 0.15) is 52.0 Å². The Hall–Kier alpha value is -4.07. The molecule has 0 bridgehead atoms. The van der Waals surface area contributed by atoms with E-state index in [1.54, 1.807) is 12.1 Å². The summed E-state index contributed by atoms with van der Waals surface area (Å²) in [4.78, 5) is 27.3. The van der Waals surface area contributed by atoms with Crippen molar-refractivity contribution in [3.63, 3.8) is 0 Å². The number of aliphatic carboxylic acids is 2. The number of nitrogens with zero attached hydrogens (tertiary/aromatic N) is 2. The van der Waals surface area contributed by atoms with Crippen LogP contribution in [-0.2, 0) is 16.1 Å². The first-order valence-corrected chi connectivity index (χ1v) is 15.3. The summed E-state index contributed by atoms with van der Waals surface area (Å²) in [5.74, 6) is -4.30. The molecule has 1 aromatic heterocycles. The number of carboxylic acids is 2. The third-order valence-electron chi connectivity index (χ3n) is 6.48. The topological polar surface area (TPSA) is 146 Å². The maximum atomic E-state index is 12.8. The van der Waals surface area contributed by atoms with Gasteiger partial charge in [0.05, 0.1) is 5.52 Å². The SMILES string of the molecule is CC(C)(C)Nc1nc(NC2CCC(NCc3ccc(Br)cc3OC(F)(F)F)CC2)nc2ccccc12.O=C(O)C(F)(F)F.O=C(O)C(F)(F)F. The second kappa shape index (κ2) is 17.2. The van der Waals surface area contributed by atoms with Gasteiger partial charge in [0.1, 0.15) is 11.6 Å². The van der Waals surface area contributed by atoms with Crippen molar-refractivity contribution >= 4 is 50.5 Å². The molecule has 4 rings (SSSR count). The molecule has 1 saturated carbocycles. The summed E-state index contributed by atoms with van der Waals surface area (Å²) in [5, 5.41) is 25.6. The summed E-state index contributed by atoms with van der Waals surface area (Å²) in [6.45, 7) is 6.59. The largest absolute Gasteiger partial charge is 0.573 e. The zero-order valence-electron chi connectivity index (χ0n) is 26.5. The maximum Gasteiger partial charge on any atom is 0.573 e. The van der Waals surface area contributed by atoms with Crippen molar-refractivity contribution < 1.29 is 64.1 Å². The number of carbonyl (C=O) groups is 2. The zero-order chi connectivity index (χ0) is 38.1. The van der Waals surface area contributed by atoms with Gasteiger partial charge in [-0.3, -0.25) is 0 Å². The number of alkyl halides is 9. The fourth-order valence-electron chi connectivity index (χ4n) is 4.36. The smallest absolute Gasteiger partial charge is 0.475 e. The summed E-state index contributed by atoms with van der Waals surface area (Å²) in [6, 6.07) is 13.1. The lowest BCUT2D eigenvalue weighted by atomic mass is 9.91. The van der Waals surface area contributed by atoms with E-state index in [2.05, 4.69) is 57.4 Å². The molecule has 20 heteroatoms. The molecule has 1 fully saturated rings. The number of anilines is 2. The Labute approximate surface area is 287 Å². The Kier molecular flexibility index (Phi) is 14.5.